The molecule has 3 heterocycles. The van der Waals surface area contributed by atoms with Crippen LogP contribution in [-0.2, 0) is 24.2 Å². The molecule has 0 bridgehead atoms. The molecule has 1 aliphatic rings. The van der Waals surface area contributed by atoms with Crippen LogP contribution in [0.5, 0.6) is 0 Å². The van der Waals surface area contributed by atoms with Crippen LogP contribution in [0.3, 0.4) is 0 Å². The highest BCUT2D eigenvalue weighted by Gasteiger charge is 2.28. The van der Waals surface area contributed by atoms with Gasteiger partial charge < -0.3 is 13.9 Å². The first-order valence-electron chi connectivity index (χ1n) is 9.86. The first-order chi connectivity index (χ1) is 14.5. The summed E-state index contributed by atoms with van der Waals surface area (Å²) < 4.78 is 11.1. The van der Waals surface area contributed by atoms with E-state index < -0.39 is 0 Å². The molecule has 0 fully saturated rings. The van der Waals surface area contributed by atoms with Crippen molar-refractivity contribution in [1.29, 1.82) is 0 Å². The van der Waals surface area contributed by atoms with Crippen molar-refractivity contribution >= 4 is 28.5 Å². The van der Waals surface area contributed by atoms with Gasteiger partial charge in [0.2, 0.25) is 5.91 Å². The fourth-order valence-electron chi connectivity index (χ4n) is 4.15. The Morgan fingerprint density at radius 3 is 2.73 bits per heavy atom. The average Bonchev–Trinajstić information content (AvgIpc) is 3.32. The van der Waals surface area contributed by atoms with Crippen molar-refractivity contribution in [1.82, 2.24) is 15.2 Å². The molecule has 4 aromatic rings. The zero-order valence-electron chi connectivity index (χ0n) is 16.7. The van der Waals surface area contributed by atoms with E-state index in [9.17, 15) is 4.79 Å². The summed E-state index contributed by atoms with van der Waals surface area (Å²) >= 11 is 6.00. The molecule has 0 N–H and O–H groups in total. The Balaban J connectivity index is 1.39. The lowest BCUT2D eigenvalue weighted by atomic mass is 10.0. The molecule has 0 saturated carbocycles. The molecule has 30 heavy (non-hydrogen) atoms. The summed E-state index contributed by atoms with van der Waals surface area (Å²) in [5.41, 5.74) is 6.34. The van der Waals surface area contributed by atoms with Crippen LogP contribution >= 0.6 is 11.6 Å². The van der Waals surface area contributed by atoms with Crippen molar-refractivity contribution in [2.45, 2.75) is 33.2 Å². The van der Waals surface area contributed by atoms with E-state index in [4.69, 9.17) is 20.6 Å². The Morgan fingerprint density at radius 1 is 1.13 bits per heavy atom. The summed E-state index contributed by atoms with van der Waals surface area (Å²) in [6.45, 7) is 5.10. The second kappa shape index (κ2) is 7.29. The van der Waals surface area contributed by atoms with Gasteiger partial charge in [-0.3, -0.25) is 4.79 Å². The minimum Gasteiger partial charge on any atom is -0.356 e. The molecule has 7 heteroatoms. The monoisotopic (exact) mass is 421 g/mol. The number of aromatic nitrogens is 2. The fourth-order valence-corrected chi connectivity index (χ4v) is 4.28. The summed E-state index contributed by atoms with van der Waals surface area (Å²) in [7, 11) is 0. The van der Waals surface area contributed by atoms with E-state index in [1.165, 1.54) is 0 Å². The SMILES string of the molecule is Cc1cc(C)c2c(CC(=O)N3CCc4noc(-c5ccc(Cl)cc5)c4C3)noc2c1. The summed E-state index contributed by atoms with van der Waals surface area (Å²) in [4.78, 5) is 14.9. The van der Waals surface area contributed by atoms with Crippen LogP contribution in [-0.4, -0.2) is 27.7 Å². The second-order valence-electron chi connectivity index (χ2n) is 7.77. The molecule has 1 amide bonds. The second-order valence-corrected chi connectivity index (χ2v) is 8.21. The topological polar surface area (TPSA) is 72.4 Å². The Bertz CT molecular complexity index is 1260. The number of nitrogens with zero attached hydrogens (tertiary/aromatic N) is 3. The quantitative estimate of drug-likeness (QED) is 0.471. The van der Waals surface area contributed by atoms with E-state index in [-0.39, 0.29) is 12.3 Å². The number of benzene rings is 2. The smallest absolute Gasteiger partial charge is 0.229 e. The molecular formula is C23H20ClN3O3. The van der Waals surface area contributed by atoms with Gasteiger partial charge in [0, 0.05) is 34.5 Å². The molecular weight excluding hydrogens is 402 g/mol. The molecule has 0 saturated heterocycles. The van der Waals surface area contributed by atoms with Crippen LogP contribution in [0.25, 0.3) is 22.3 Å². The Hall–Kier alpha value is -3.12. The molecule has 5 rings (SSSR count). The first-order valence-corrected chi connectivity index (χ1v) is 10.2. The largest absolute Gasteiger partial charge is 0.356 e. The number of aryl methyl sites for hydroxylation is 2. The maximum atomic E-state index is 13.1. The molecule has 0 aliphatic carbocycles. The van der Waals surface area contributed by atoms with Crippen molar-refractivity contribution in [2.75, 3.05) is 6.54 Å². The van der Waals surface area contributed by atoms with Crippen molar-refractivity contribution in [3.63, 3.8) is 0 Å². The normalized spacial score (nSPS) is 13.6. The van der Waals surface area contributed by atoms with Crippen LogP contribution in [0.1, 0.15) is 28.1 Å². The zero-order valence-corrected chi connectivity index (χ0v) is 17.5. The van der Waals surface area contributed by atoms with Crippen molar-refractivity contribution < 1.29 is 13.8 Å². The molecule has 0 atom stereocenters. The zero-order chi connectivity index (χ0) is 20.8. The molecule has 0 spiro atoms. The lowest BCUT2D eigenvalue weighted by molar-refractivity contribution is -0.131. The highest BCUT2D eigenvalue weighted by molar-refractivity contribution is 6.30. The van der Waals surface area contributed by atoms with Gasteiger partial charge in [-0.2, -0.15) is 0 Å². The molecule has 0 unspecified atom stereocenters. The van der Waals surface area contributed by atoms with Crippen LogP contribution in [0.15, 0.2) is 45.4 Å². The predicted octanol–water partition coefficient (Wildman–Crippen LogP) is 4.88. The van der Waals surface area contributed by atoms with E-state index in [0.29, 0.717) is 36.0 Å². The van der Waals surface area contributed by atoms with Gasteiger partial charge in [-0.1, -0.05) is 28.0 Å². The Kier molecular flexibility index (Phi) is 4.59. The van der Waals surface area contributed by atoms with Crippen LogP contribution in [0.2, 0.25) is 5.02 Å². The summed E-state index contributed by atoms with van der Waals surface area (Å²) in [5, 5.41) is 9.98. The maximum absolute atomic E-state index is 13.1. The van der Waals surface area contributed by atoms with Gasteiger partial charge in [0.25, 0.3) is 0 Å². The van der Waals surface area contributed by atoms with E-state index in [1.807, 2.05) is 49.1 Å². The number of halogens is 1. The van der Waals surface area contributed by atoms with E-state index in [0.717, 1.165) is 38.9 Å². The maximum Gasteiger partial charge on any atom is 0.229 e. The average molecular weight is 422 g/mol. The summed E-state index contributed by atoms with van der Waals surface area (Å²) in [5.74, 6) is 0.705. The van der Waals surface area contributed by atoms with Crippen LogP contribution in [0.4, 0.5) is 0 Å². The predicted molar refractivity (Wildman–Crippen MR) is 113 cm³/mol. The molecule has 0 radical (unpaired) electrons. The molecule has 152 valence electrons. The van der Waals surface area contributed by atoms with Crippen molar-refractivity contribution in [3.05, 3.63) is 69.5 Å². The number of carbonyl (C=O) groups is 1. The number of fused-ring (bicyclic) bond motifs is 2. The molecule has 1 aliphatic heterocycles. The van der Waals surface area contributed by atoms with Gasteiger partial charge in [-0.15, -0.1) is 0 Å². The molecule has 6 nitrogen and oxygen atoms in total. The van der Waals surface area contributed by atoms with Crippen molar-refractivity contribution in [3.8, 4) is 11.3 Å². The third-order valence-corrected chi connectivity index (χ3v) is 5.85. The van der Waals surface area contributed by atoms with Gasteiger partial charge in [-0.25, -0.2) is 0 Å². The number of amides is 1. The summed E-state index contributed by atoms with van der Waals surface area (Å²) in [6, 6.07) is 11.5. The summed E-state index contributed by atoms with van der Waals surface area (Å²) in [6.07, 6.45) is 0.865. The highest BCUT2D eigenvalue weighted by Crippen LogP contribution is 2.32. The Labute approximate surface area is 178 Å². The number of hydrogen-bond donors (Lipinski definition) is 0. The van der Waals surface area contributed by atoms with Crippen LogP contribution < -0.4 is 0 Å². The van der Waals surface area contributed by atoms with Gasteiger partial charge in [0.15, 0.2) is 11.3 Å². The third-order valence-electron chi connectivity index (χ3n) is 5.60. The lowest BCUT2D eigenvalue weighted by Gasteiger charge is -2.26. The minimum absolute atomic E-state index is 0.0130. The van der Waals surface area contributed by atoms with E-state index in [1.54, 1.807) is 0 Å². The number of hydrogen-bond acceptors (Lipinski definition) is 5. The van der Waals surface area contributed by atoms with Gasteiger partial charge >= 0.3 is 0 Å². The van der Waals surface area contributed by atoms with Crippen LogP contribution in [0, 0.1) is 13.8 Å². The van der Waals surface area contributed by atoms with E-state index >= 15 is 0 Å². The third kappa shape index (κ3) is 3.27. The number of carbonyl (C=O) groups excluding carboxylic acids is 1. The lowest BCUT2D eigenvalue weighted by Crippen LogP contribution is -2.37. The highest BCUT2D eigenvalue weighted by atomic mass is 35.5. The Morgan fingerprint density at radius 2 is 1.93 bits per heavy atom. The van der Waals surface area contributed by atoms with Gasteiger partial charge in [0.05, 0.1) is 18.7 Å². The standard InChI is InChI=1S/C23H20ClN3O3/c1-13-9-14(2)22-19(26-29-20(22)10-13)11-21(28)27-8-7-18-17(12-27)23(30-25-18)15-3-5-16(24)6-4-15/h3-6,9-10H,7-8,11-12H2,1-2H3. The van der Waals surface area contributed by atoms with Gasteiger partial charge in [-0.05, 0) is 55.3 Å². The van der Waals surface area contributed by atoms with E-state index in [2.05, 4.69) is 16.4 Å². The van der Waals surface area contributed by atoms with Crippen molar-refractivity contribution in [2.24, 2.45) is 0 Å². The minimum atomic E-state index is 0.0130. The fraction of sp³-hybridized carbons (Fsp3) is 0.261. The molecule has 2 aromatic heterocycles. The first kappa shape index (κ1) is 18.9. The van der Waals surface area contributed by atoms with Gasteiger partial charge in [0.1, 0.15) is 5.69 Å². The molecule has 2 aromatic carbocycles. The number of rotatable bonds is 3.